The van der Waals surface area contributed by atoms with Crippen LogP contribution < -0.4 is 10.6 Å². The highest BCUT2D eigenvalue weighted by Crippen LogP contribution is 2.12. The standard InChI is InChI=1S/C18H28N4O3/c1-13-10-22(11-14(2)25-13)18(24)19-9-15-6-5-7-16(8-15)20-17(23)12-21(3)4/h5-8,13-14H,9-12H2,1-4H3,(H,19,24)(H,20,23). The van der Waals surface area contributed by atoms with Gasteiger partial charge in [-0.05, 0) is 45.6 Å². The van der Waals surface area contributed by atoms with E-state index in [2.05, 4.69) is 10.6 Å². The Morgan fingerprint density at radius 1 is 1.24 bits per heavy atom. The maximum absolute atomic E-state index is 12.3. The number of carbonyl (C=O) groups excluding carboxylic acids is 2. The number of amides is 3. The zero-order valence-corrected chi connectivity index (χ0v) is 15.4. The van der Waals surface area contributed by atoms with Gasteiger partial charge in [0.1, 0.15) is 0 Å². The van der Waals surface area contributed by atoms with Crippen molar-refractivity contribution in [3.05, 3.63) is 29.8 Å². The average Bonchev–Trinajstić information content (AvgIpc) is 2.51. The molecule has 3 amide bonds. The highest BCUT2D eigenvalue weighted by atomic mass is 16.5. The van der Waals surface area contributed by atoms with Gasteiger partial charge in [-0.2, -0.15) is 0 Å². The van der Waals surface area contributed by atoms with Gasteiger partial charge in [0.15, 0.2) is 0 Å². The van der Waals surface area contributed by atoms with Crippen molar-refractivity contribution in [2.75, 3.05) is 39.0 Å². The van der Waals surface area contributed by atoms with E-state index in [4.69, 9.17) is 4.74 Å². The number of nitrogens with one attached hydrogen (secondary N) is 2. The first-order valence-corrected chi connectivity index (χ1v) is 8.55. The number of rotatable bonds is 5. The van der Waals surface area contributed by atoms with Gasteiger partial charge in [0, 0.05) is 25.3 Å². The van der Waals surface area contributed by atoms with Crippen molar-refractivity contribution >= 4 is 17.6 Å². The molecule has 2 atom stereocenters. The van der Waals surface area contributed by atoms with Crippen molar-refractivity contribution in [1.82, 2.24) is 15.1 Å². The van der Waals surface area contributed by atoms with Crippen LogP contribution in [0.2, 0.25) is 0 Å². The molecule has 7 heteroatoms. The van der Waals surface area contributed by atoms with E-state index in [-0.39, 0.29) is 24.1 Å². The normalized spacial score (nSPS) is 20.4. The predicted molar refractivity (Wildman–Crippen MR) is 97.4 cm³/mol. The number of hydrogen-bond acceptors (Lipinski definition) is 4. The molecule has 0 saturated carbocycles. The van der Waals surface area contributed by atoms with Crippen molar-refractivity contribution in [2.45, 2.75) is 32.6 Å². The Morgan fingerprint density at radius 3 is 2.56 bits per heavy atom. The topological polar surface area (TPSA) is 73.9 Å². The largest absolute Gasteiger partial charge is 0.372 e. The smallest absolute Gasteiger partial charge is 0.317 e. The van der Waals surface area contributed by atoms with E-state index in [1.807, 2.05) is 57.1 Å². The van der Waals surface area contributed by atoms with E-state index in [1.165, 1.54) is 0 Å². The fraction of sp³-hybridized carbons (Fsp3) is 0.556. The number of hydrogen-bond donors (Lipinski definition) is 2. The lowest BCUT2D eigenvalue weighted by Gasteiger charge is -2.35. The number of carbonyl (C=O) groups is 2. The maximum Gasteiger partial charge on any atom is 0.317 e. The summed E-state index contributed by atoms with van der Waals surface area (Å²) >= 11 is 0. The summed E-state index contributed by atoms with van der Waals surface area (Å²) in [5, 5.41) is 5.79. The molecule has 0 radical (unpaired) electrons. The van der Waals surface area contributed by atoms with Crippen LogP contribution in [0.15, 0.2) is 24.3 Å². The molecule has 1 heterocycles. The van der Waals surface area contributed by atoms with Crippen LogP contribution in [0.1, 0.15) is 19.4 Å². The first-order chi connectivity index (χ1) is 11.8. The van der Waals surface area contributed by atoms with Gasteiger partial charge in [-0.1, -0.05) is 12.1 Å². The molecule has 2 N–H and O–H groups in total. The number of nitrogens with zero attached hydrogens (tertiary/aromatic N) is 2. The maximum atomic E-state index is 12.3. The van der Waals surface area contributed by atoms with E-state index in [0.29, 0.717) is 26.2 Å². The minimum atomic E-state index is -0.0935. The van der Waals surface area contributed by atoms with Gasteiger partial charge in [-0.25, -0.2) is 4.79 Å². The SMILES string of the molecule is CC1CN(C(=O)NCc2cccc(NC(=O)CN(C)C)c2)CC(C)O1. The molecule has 0 aliphatic carbocycles. The first-order valence-electron chi connectivity index (χ1n) is 8.55. The number of benzene rings is 1. The third kappa shape index (κ3) is 6.36. The second-order valence-electron chi connectivity index (χ2n) is 6.81. The minimum absolute atomic E-state index is 0.0461. The number of urea groups is 1. The summed E-state index contributed by atoms with van der Waals surface area (Å²) < 4.78 is 5.64. The summed E-state index contributed by atoms with van der Waals surface area (Å²) in [6, 6.07) is 7.41. The molecule has 0 bridgehead atoms. The summed E-state index contributed by atoms with van der Waals surface area (Å²) in [5.41, 5.74) is 1.66. The second-order valence-corrected chi connectivity index (χ2v) is 6.81. The summed E-state index contributed by atoms with van der Waals surface area (Å²) in [7, 11) is 3.69. The number of anilines is 1. The van der Waals surface area contributed by atoms with Crippen molar-refractivity contribution < 1.29 is 14.3 Å². The molecule has 1 fully saturated rings. The molecule has 1 saturated heterocycles. The van der Waals surface area contributed by atoms with Crippen LogP contribution >= 0.6 is 0 Å². The van der Waals surface area contributed by atoms with Gasteiger partial charge in [0.25, 0.3) is 0 Å². The molecular weight excluding hydrogens is 320 g/mol. The van der Waals surface area contributed by atoms with Gasteiger partial charge < -0.3 is 25.2 Å². The molecule has 1 aromatic carbocycles. The van der Waals surface area contributed by atoms with Gasteiger partial charge in [-0.3, -0.25) is 4.79 Å². The zero-order chi connectivity index (χ0) is 18.4. The van der Waals surface area contributed by atoms with Crippen LogP contribution in [0.25, 0.3) is 0 Å². The van der Waals surface area contributed by atoms with Crippen LogP contribution in [0.3, 0.4) is 0 Å². The lowest BCUT2D eigenvalue weighted by Crippen LogP contribution is -2.51. The predicted octanol–water partition coefficient (Wildman–Crippen LogP) is 1.51. The van der Waals surface area contributed by atoms with Gasteiger partial charge in [0.2, 0.25) is 5.91 Å². The molecule has 0 spiro atoms. The van der Waals surface area contributed by atoms with Crippen molar-refractivity contribution in [3.8, 4) is 0 Å². The Kier molecular flexibility index (Phi) is 6.78. The second kappa shape index (κ2) is 8.82. The summed E-state index contributed by atoms with van der Waals surface area (Å²) in [4.78, 5) is 27.7. The van der Waals surface area contributed by atoms with Gasteiger partial charge in [0.05, 0.1) is 18.8 Å². The fourth-order valence-corrected chi connectivity index (χ4v) is 2.88. The third-order valence-electron chi connectivity index (χ3n) is 3.82. The van der Waals surface area contributed by atoms with Crippen LogP contribution in [-0.2, 0) is 16.1 Å². The van der Waals surface area contributed by atoms with E-state index in [9.17, 15) is 9.59 Å². The Bertz CT molecular complexity index is 596. The van der Waals surface area contributed by atoms with Crippen molar-refractivity contribution in [2.24, 2.45) is 0 Å². The van der Waals surface area contributed by atoms with E-state index in [1.54, 1.807) is 4.90 Å². The van der Waals surface area contributed by atoms with Crippen LogP contribution in [0.4, 0.5) is 10.5 Å². The molecule has 2 rings (SSSR count). The lowest BCUT2D eigenvalue weighted by molar-refractivity contribution is -0.116. The Balaban J connectivity index is 1.87. The van der Waals surface area contributed by atoms with Crippen LogP contribution in [0, 0.1) is 0 Å². The Labute approximate surface area is 149 Å². The number of morpholine rings is 1. The molecule has 0 aromatic heterocycles. The highest BCUT2D eigenvalue weighted by molar-refractivity contribution is 5.92. The summed E-state index contributed by atoms with van der Waals surface area (Å²) in [5.74, 6) is -0.0672. The third-order valence-corrected chi connectivity index (χ3v) is 3.82. The Hall–Kier alpha value is -2.12. The molecule has 7 nitrogen and oxygen atoms in total. The van der Waals surface area contributed by atoms with Gasteiger partial charge >= 0.3 is 6.03 Å². The minimum Gasteiger partial charge on any atom is -0.372 e. The first kappa shape index (κ1) is 19.2. The molecule has 138 valence electrons. The Morgan fingerprint density at radius 2 is 1.92 bits per heavy atom. The van der Waals surface area contributed by atoms with Crippen LogP contribution in [-0.4, -0.2) is 67.7 Å². The van der Waals surface area contributed by atoms with Crippen molar-refractivity contribution in [3.63, 3.8) is 0 Å². The number of ether oxygens (including phenoxy) is 1. The quantitative estimate of drug-likeness (QED) is 0.846. The van der Waals surface area contributed by atoms with E-state index >= 15 is 0 Å². The van der Waals surface area contributed by atoms with Crippen LogP contribution in [0.5, 0.6) is 0 Å². The molecule has 25 heavy (non-hydrogen) atoms. The van der Waals surface area contributed by atoms with Crippen molar-refractivity contribution in [1.29, 1.82) is 0 Å². The molecule has 1 aromatic rings. The monoisotopic (exact) mass is 348 g/mol. The van der Waals surface area contributed by atoms with E-state index < -0.39 is 0 Å². The highest BCUT2D eigenvalue weighted by Gasteiger charge is 2.25. The average molecular weight is 348 g/mol. The molecular formula is C18H28N4O3. The van der Waals surface area contributed by atoms with Gasteiger partial charge in [-0.15, -0.1) is 0 Å². The molecule has 2 unspecified atom stereocenters. The molecule has 1 aliphatic heterocycles. The number of likely N-dealkylation sites (N-methyl/N-ethyl adjacent to an activating group) is 1. The lowest BCUT2D eigenvalue weighted by atomic mass is 10.2. The fourth-order valence-electron chi connectivity index (χ4n) is 2.88. The zero-order valence-electron chi connectivity index (χ0n) is 15.4. The summed E-state index contributed by atoms with van der Waals surface area (Å²) in [6.45, 7) is 5.87. The summed E-state index contributed by atoms with van der Waals surface area (Å²) in [6.07, 6.45) is 0.0921. The molecule has 1 aliphatic rings. The van der Waals surface area contributed by atoms with E-state index in [0.717, 1.165) is 11.3 Å².